The van der Waals surface area contributed by atoms with E-state index >= 15 is 0 Å². The highest BCUT2D eigenvalue weighted by atomic mass is 32.2. The van der Waals surface area contributed by atoms with Crippen LogP contribution in [0.2, 0.25) is 0 Å². The molecule has 1 heterocycles. The molecule has 0 unspecified atom stereocenters. The molecule has 2 rings (SSSR count). The highest BCUT2D eigenvalue weighted by Gasteiger charge is 2.44. The summed E-state index contributed by atoms with van der Waals surface area (Å²) in [6.45, 7) is -0.591. The lowest BCUT2D eigenvalue weighted by molar-refractivity contribution is -0.205. The van der Waals surface area contributed by atoms with Crippen LogP contribution in [0.4, 0.5) is 0 Å². The van der Waals surface area contributed by atoms with Crippen molar-refractivity contribution < 1.29 is 40.2 Å². The van der Waals surface area contributed by atoms with Crippen LogP contribution in [0.15, 0.2) is 29.2 Å². The Morgan fingerprint density at radius 3 is 2.29 bits per heavy atom. The fraction of sp³-hybridized carbons (Fsp3) is 0.400. The molecule has 9 heteroatoms. The van der Waals surface area contributed by atoms with Crippen molar-refractivity contribution in [3.05, 3.63) is 34.7 Å². The maximum absolute atomic E-state index is 11.4. The lowest BCUT2D eigenvalue weighted by atomic mass is 10.0. The van der Waals surface area contributed by atoms with Crippen LogP contribution < -0.4 is 0 Å². The zero-order valence-corrected chi connectivity index (χ0v) is 13.2. The Morgan fingerprint density at radius 2 is 1.75 bits per heavy atom. The van der Waals surface area contributed by atoms with E-state index in [2.05, 4.69) is 0 Å². The van der Waals surface area contributed by atoms with E-state index in [1.165, 1.54) is 30.3 Å². The molecule has 132 valence electrons. The summed E-state index contributed by atoms with van der Waals surface area (Å²) in [4.78, 5) is 11.2. The molecule has 24 heavy (non-hydrogen) atoms. The largest absolute Gasteiger partial charge is 0.508 e. The van der Waals surface area contributed by atoms with Crippen molar-refractivity contribution in [1.82, 2.24) is 0 Å². The van der Waals surface area contributed by atoms with Crippen LogP contribution in [-0.2, 0) is 9.53 Å². The minimum absolute atomic E-state index is 0.0330. The summed E-state index contributed by atoms with van der Waals surface area (Å²) >= 11 is 0.650. The molecule has 0 aliphatic carbocycles. The molecule has 8 nitrogen and oxygen atoms in total. The van der Waals surface area contributed by atoms with Gasteiger partial charge >= 0.3 is 5.97 Å². The Bertz CT molecular complexity index is 600. The number of aliphatic carboxylic acids is 1. The van der Waals surface area contributed by atoms with Gasteiger partial charge in [-0.2, -0.15) is 0 Å². The van der Waals surface area contributed by atoms with E-state index in [1.807, 2.05) is 0 Å². The number of phenols is 1. The summed E-state index contributed by atoms with van der Waals surface area (Å²) in [5, 5.41) is 57.1. The minimum atomic E-state index is -1.57. The third-order valence-electron chi connectivity index (χ3n) is 3.49. The number of aromatic hydroxyl groups is 1. The molecule has 0 amide bonds. The SMILES string of the molecule is O=C(O)/C(=C/c1ccc(O)cc1)S[C@@H]1O[C@H](CO)[C@@H](O)[C@H](O)[C@H]1O. The first kappa shape index (κ1) is 18.7. The van der Waals surface area contributed by atoms with Crippen molar-refractivity contribution in [1.29, 1.82) is 0 Å². The number of carboxylic acid groups (broad SMARTS) is 1. The molecular formula is C15H18O8S. The second-order valence-corrected chi connectivity index (χ2v) is 6.36. The van der Waals surface area contributed by atoms with Crippen molar-refractivity contribution in [3.63, 3.8) is 0 Å². The van der Waals surface area contributed by atoms with E-state index in [0.29, 0.717) is 17.3 Å². The third-order valence-corrected chi connectivity index (χ3v) is 4.66. The lowest BCUT2D eigenvalue weighted by Gasteiger charge is -2.39. The standard InChI is InChI=1S/C15H18O8S/c16-6-9-11(18)12(19)13(20)15(23-9)24-10(14(21)22)5-7-1-3-8(17)4-2-7/h1-5,9,11-13,15-20H,6H2,(H,21,22)/b10-5-/t9-,11-,12+,13-,15+/m1/s1. The molecule has 0 aromatic heterocycles. The fourth-order valence-electron chi connectivity index (χ4n) is 2.16. The van der Waals surface area contributed by atoms with Crippen LogP contribution in [0.3, 0.4) is 0 Å². The van der Waals surface area contributed by atoms with Gasteiger partial charge in [0, 0.05) is 0 Å². The first-order valence-corrected chi connectivity index (χ1v) is 7.92. The van der Waals surface area contributed by atoms with E-state index in [0.717, 1.165) is 0 Å². The Morgan fingerprint density at radius 1 is 1.12 bits per heavy atom. The van der Waals surface area contributed by atoms with Gasteiger partial charge in [0.25, 0.3) is 0 Å². The van der Waals surface area contributed by atoms with Crippen molar-refractivity contribution >= 4 is 23.8 Å². The summed E-state index contributed by atoms with van der Waals surface area (Å²) < 4.78 is 5.28. The van der Waals surface area contributed by atoms with Crippen LogP contribution in [0.5, 0.6) is 5.75 Å². The lowest BCUT2D eigenvalue weighted by Crippen LogP contribution is -2.57. The molecule has 0 bridgehead atoms. The van der Waals surface area contributed by atoms with Gasteiger partial charge in [0.15, 0.2) is 0 Å². The Kier molecular flexibility index (Phi) is 6.21. The number of aliphatic hydroxyl groups is 4. The normalized spacial score (nSPS) is 31.0. The molecule has 1 aliphatic rings. The van der Waals surface area contributed by atoms with Gasteiger partial charge in [-0.1, -0.05) is 23.9 Å². The van der Waals surface area contributed by atoms with Crippen molar-refractivity contribution in [2.45, 2.75) is 29.9 Å². The summed E-state index contributed by atoms with van der Waals surface area (Å²) in [6, 6.07) is 5.80. The maximum Gasteiger partial charge on any atom is 0.342 e. The predicted octanol–water partition coefficient (Wildman–Crippen LogP) is -0.649. The molecule has 0 saturated carbocycles. The number of thioether (sulfide) groups is 1. The first-order chi connectivity index (χ1) is 11.3. The summed E-state index contributed by atoms with van der Waals surface area (Å²) in [5.74, 6) is -1.24. The molecule has 1 aromatic rings. The Hall–Kier alpha value is -1.62. The molecule has 0 spiro atoms. The van der Waals surface area contributed by atoms with Gasteiger partial charge in [-0.3, -0.25) is 0 Å². The van der Waals surface area contributed by atoms with Gasteiger partial charge < -0.3 is 35.4 Å². The van der Waals surface area contributed by atoms with Crippen LogP contribution in [0.25, 0.3) is 6.08 Å². The number of hydrogen-bond donors (Lipinski definition) is 6. The van der Waals surface area contributed by atoms with Crippen molar-refractivity contribution in [2.24, 2.45) is 0 Å². The van der Waals surface area contributed by atoms with E-state index in [-0.39, 0.29) is 10.7 Å². The molecule has 1 fully saturated rings. The molecule has 5 atom stereocenters. The maximum atomic E-state index is 11.4. The van der Waals surface area contributed by atoms with Gasteiger partial charge in [-0.15, -0.1) is 0 Å². The summed E-state index contributed by atoms with van der Waals surface area (Å²) in [5.41, 5.74) is -0.678. The molecule has 1 saturated heterocycles. The average Bonchev–Trinajstić information content (AvgIpc) is 2.56. The number of hydrogen-bond acceptors (Lipinski definition) is 8. The second kappa shape index (κ2) is 7.97. The van der Waals surface area contributed by atoms with Crippen molar-refractivity contribution in [2.75, 3.05) is 6.61 Å². The Labute approximate surface area is 141 Å². The second-order valence-electron chi connectivity index (χ2n) is 5.22. The third kappa shape index (κ3) is 4.26. The molecule has 1 aromatic carbocycles. The van der Waals surface area contributed by atoms with Gasteiger partial charge in [0.05, 0.1) is 11.5 Å². The van der Waals surface area contributed by atoms with E-state index in [4.69, 9.17) is 9.84 Å². The zero-order chi connectivity index (χ0) is 17.9. The van der Waals surface area contributed by atoms with Crippen LogP contribution in [0.1, 0.15) is 5.56 Å². The quantitative estimate of drug-likeness (QED) is 0.378. The summed E-state index contributed by atoms with van der Waals surface area (Å²) in [7, 11) is 0. The topological polar surface area (TPSA) is 148 Å². The van der Waals surface area contributed by atoms with Crippen LogP contribution >= 0.6 is 11.8 Å². The van der Waals surface area contributed by atoms with Gasteiger partial charge in [-0.25, -0.2) is 4.79 Å². The molecule has 0 radical (unpaired) electrons. The molecule has 1 aliphatic heterocycles. The number of rotatable bonds is 5. The summed E-state index contributed by atoms with van der Waals surface area (Å²) in [6.07, 6.45) is -4.40. The number of phenolic OH excluding ortho intramolecular Hbond substituents is 1. The van der Waals surface area contributed by atoms with Crippen LogP contribution in [-0.4, -0.2) is 73.1 Å². The monoisotopic (exact) mass is 358 g/mol. The van der Waals surface area contributed by atoms with Gasteiger partial charge in [0.1, 0.15) is 35.6 Å². The number of carboxylic acids is 1. The first-order valence-electron chi connectivity index (χ1n) is 7.04. The Balaban J connectivity index is 2.20. The van der Waals surface area contributed by atoms with Crippen molar-refractivity contribution in [3.8, 4) is 5.75 Å². The average molecular weight is 358 g/mol. The van der Waals surface area contributed by atoms with E-state index in [1.54, 1.807) is 0 Å². The molecular weight excluding hydrogens is 340 g/mol. The number of ether oxygens (including phenoxy) is 1. The van der Waals surface area contributed by atoms with E-state index < -0.39 is 42.4 Å². The van der Waals surface area contributed by atoms with E-state index in [9.17, 15) is 30.3 Å². The van der Waals surface area contributed by atoms with Crippen LogP contribution in [0, 0.1) is 0 Å². The van der Waals surface area contributed by atoms with Gasteiger partial charge in [-0.05, 0) is 23.8 Å². The number of carbonyl (C=O) groups is 1. The predicted molar refractivity (Wildman–Crippen MR) is 85.1 cm³/mol. The van der Waals surface area contributed by atoms with Gasteiger partial charge in [0.2, 0.25) is 0 Å². The minimum Gasteiger partial charge on any atom is -0.508 e. The number of aliphatic hydroxyl groups excluding tert-OH is 4. The molecule has 6 N–H and O–H groups in total. The number of benzene rings is 1. The highest BCUT2D eigenvalue weighted by molar-refractivity contribution is 8.04. The zero-order valence-electron chi connectivity index (χ0n) is 12.4. The smallest absolute Gasteiger partial charge is 0.342 e. The fourth-order valence-corrected chi connectivity index (χ4v) is 3.21. The highest BCUT2D eigenvalue weighted by Crippen LogP contribution is 2.34.